The maximum absolute atomic E-state index is 3.90. The Morgan fingerprint density at radius 1 is 1.42 bits per heavy atom. The minimum Gasteiger partial charge on any atom is -0.350 e. The maximum atomic E-state index is 3.90. The van der Waals surface area contributed by atoms with E-state index in [1.807, 2.05) is 0 Å². The summed E-state index contributed by atoms with van der Waals surface area (Å²) in [4.78, 5) is 3.90. The van der Waals surface area contributed by atoms with E-state index in [-0.39, 0.29) is 0 Å². The zero-order chi connectivity index (χ0) is 9.40. The Hall–Kier alpha value is -0.790. The molecule has 0 atom stereocenters. The van der Waals surface area contributed by atoms with Gasteiger partial charge < -0.3 is 5.32 Å². The van der Waals surface area contributed by atoms with E-state index >= 15 is 0 Å². The maximum Gasteiger partial charge on any atom is 0.0861 e. The molecule has 0 aliphatic heterocycles. The first kappa shape index (κ1) is 11.2. The van der Waals surface area contributed by atoms with E-state index in [2.05, 4.69) is 31.1 Å². The largest absolute Gasteiger partial charge is 0.350 e. The van der Waals surface area contributed by atoms with E-state index in [1.54, 1.807) is 13.4 Å². The van der Waals surface area contributed by atoms with Crippen LogP contribution in [-0.2, 0) is 0 Å². The molecule has 0 saturated carbocycles. The van der Waals surface area contributed by atoms with Crippen molar-refractivity contribution in [3.05, 3.63) is 11.3 Å². The summed E-state index contributed by atoms with van der Waals surface area (Å²) >= 11 is 0. The molecule has 0 radical (unpaired) electrons. The predicted molar refractivity (Wildman–Crippen MR) is 55.5 cm³/mol. The summed E-state index contributed by atoms with van der Waals surface area (Å²) in [5.74, 6) is 0. The summed E-state index contributed by atoms with van der Waals surface area (Å²) in [7, 11) is 1.77. The molecule has 70 valence electrons. The SMILES string of the molecule is CCCCC(NC=NC)=C(C)C. The van der Waals surface area contributed by atoms with E-state index < -0.39 is 0 Å². The molecule has 0 amide bonds. The van der Waals surface area contributed by atoms with Gasteiger partial charge in [-0.15, -0.1) is 0 Å². The van der Waals surface area contributed by atoms with Crippen LogP contribution in [0.25, 0.3) is 0 Å². The van der Waals surface area contributed by atoms with Crippen LogP contribution in [-0.4, -0.2) is 13.4 Å². The van der Waals surface area contributed by atoms with Crippen LogP contribution < -0.4 is 5.32 Å². The Bertz CT molecular complexity index is 165. The number of nitrogens with zero attached hydrogens (tertiary/aromatic N) is 1. The summed E-state index contributed by atoms with van der Waals surface area (Å²) in [6.45, 7) is 6.46. The fourth-order valence-corrected chi connectivity index (χ4v) is 0.963. The molecule has 0 saturated heterocycles. The molecule has 2 heteroatoms. The molecule has 0 aromatic rings. The van der Waals surface area contributed by atoms with Gasteiger partial charge in [0.25, 0.3) is 0 Å². The quantitative estimate of drug-likeness (QED) is 0.495. The Morgan fingerprint density at radius 2 is 2.08 bits per heavy atom. The first-order valence-electron chi connectivity index (χ1n) is 4.55. The van der Waals surface area contributed by atoms with Crippen molar-refractivity contribution in [3.8, 4) is 0 Å². The third-order valence-corrected chi connectivity index (χ3v) is 1.75. The third-order valence-electron chi connectivity index (χ3n) is 1.75. The Kier molecular flexibility index (Phi) is 6.44. The molecule has 0 aromatic carbocycles. The van der Waals surface area contributed by atoms with Gasteiger partial charge in [-0.25, -0.2) is 0 Å². The lowest BCUT2D eigenvalue weighted by molar-refractivity contribution is 0.756. The van der Waals surface area contributed by atoms with Crippen LogP contribution in [0, 0.1) is 0 Å². The van der Waals surface area contributed by atoms with Crippen LogP contribution in [0.1, 0.15) is 40.0 Å². The van der Waals surface area contributed by atoms with E-state index in [4.69, 9.17) is 0 Å². The lowest BCUT2D eigenvalue weighted by atomic mass is 10.1. The van der Waals surface area contributed by atoms with E-state index in [0.717, 1.165) is 6.42 Å². The van der Waals surface area contributed by atoms with Gasteiger partial charge in [0, 0.05) is 12.7 Å². The molecule has 0 aliphatic carbocycles. The molecule has 1 N–H and O–H groups in total. The smallest absolute Gasteiger partial charge is 0.0861 e. The van der Waals surface area contributed by atoms with Gasteiger partial charge in [0.15, 0.2) is 0 Å². The van der Waals surface area contributed by atoms with Crippen molar-refractivity contribution in [2.45, 2.75) is 40.0 Å². The summed E-state index contributed by atoms with van der Waals surface area (Å²) in [5.41, 5.74) is 2.66. The Morgan fingerprint density at radius 3 is 2.50 bits per heavy atom. The molecule has 0 fully saturated rings. The second kappa shape index (κ2) is 6.89. The topological polar surface area (TPSA) is 24.4 Å². The summed E-state index contributed by atoms with van der Waals surface area (Å²) in [6.07, 6.45) is 5.36. The number of unbranched alkanes of at least 4 members (excludes halogenated alkanes) is 1. The van der Waals surface area contributed by atoms with Crippen molar-refractivity contribution < 1.29 is 0 Å². The first-order valence-corrected chi connectivity index (χ1v) is 4.55. The number of hydrogen-bond donors (Lipinski definition) is 1. The highest BCUT2D eigenvalue weighted by molar-refractivity contribution is 5.57. The number of nitrogens with one attached hydrogen (secondary N) is 1. The molecule has 0 spiro atoms. The summed E-state index contributed by atoms with van der Waals surface area (Å²) in [5, 5.41) is 3.19. The normalized spacial score (nSPS) is 10.3. The van der Waals surface area contributed by atoms with Gasteiger partial charge in [0.1, 0.15) is 0 Å². The Labute approximate surface area is 75.8 Å². The van der Waals surface area contributed by atoms with Crippen LogP contribution in [0.2, 0.25) is 0 Å². The molecule has 0 aliphatic rings. The van der Waals surface area contributed by atoms with Gasteiger partial charge in [-0.2, -0.15) is 0 Å². The van der Waals surface area contributed by atoms with E-state index in [0.29, 0.717) is 0 Å². The van der Waals surface area contributed by atoms with Crippen molar-refractivity contribution in [2.75, 3.05) is 7.05 Å². The number of rotatable bonds is 5. The van der Waals surface area contributed by atoms with Crippen LogP contribution >= 0.6 is 0 Å². The fourth-order valence-electron chi connectivity index (χ4n) is 0.963. The monoisotopic (exact) mass is 168 g/mol. The average molecular weight is 168 g/mol. The van der Waals surface area contributed by atoms with Crippen LogP contribution in [0.3, 0.4) is 0 Å². The molecule has 0 bridgehead atoms. The number of hydrogen-bond acceptors (Lipinski definition) is 1. The second-order valence-electron chi connectivity index (χ2n) is 3.11. The van der Waals surface area contributed by atoms with Crippen molar-refractivity contribution in [2.24, 2.45) is 4.99 Å². The van der Waals surface area contributed by atoms with Gasteiger partial charge in [-0.3, -0.25) is 4.99 Å². The van der Waals surface area contributed by atoms with Crippen LogP contribution in [0.15, 0.2) is 16.3 Å². The average Bonchev–Trinajstić information content (AvgIpc) is 2.04. The highest BCUT2D eigenvalue weighted by Crippen LogP contribution is 2.08. The first-order chi connectivity index (χ1) is 5.72. The van der Waals surface area contributed by atoms with E-state index in [9.17, 15) is 0 Å². The minimum atomic E-state index is 1.13. The number of aliphatic imine (C=N–C) groups is 1. The van der Waals surface area contributed by atoms with E-state index in [1.165, 1.54) is 24.1 Å². The predicted octanol–water partition coefficient (Wildman–Crippen LogP) is 2.72. The fraction of sp³-hybridized carbons (Fsp3) is 0.700. The van der Waals surface area contributed by atoms with Gasteiger partial charge in [0.05, 0.1) is 6.34 Å². The minimum absolute atomic E-state index is 1.13. The lowest BCUT2D eigenvalue weighted by Gasteiger charge is -2.07. The highest BCUT2D eigenvalue weighted by Gasteiger charge is 1.95. The molecular formula is C10H20N2. The molecule has 0 heterocycles. The van der Waals surface area contributed by atoms with Crippen molar-refractivity contribution in [3.63, 3.8) is 0 Å². The van der Waals surface area contributed by atoms with Gasteiger partial charge in [-0.1, -0.05) is 18.9 Å². The van der Waals surface area contributed by atoms with Crippen LogP contribution in [0.5, 0.6) is 0 Å². The van der Waals surface area contributed by atoms with Crippen molar-refractivity contribution >= 4 is 6.34 Å². The molecule has 12 heavy (non-hydrogen) atoms. The summed E-state index contributed by atoms with van der Waals surface area (Å²) < 4.78 is 0. The summed E-state index contributed by atoms with van der Waals surface area (Å²) in [6, 6.07) is 0. The zero-order valence-electron chi connectivity index (χ0n) is 8.65. The highest BCUT2D eigenvalue weighted by atomic mass is 14.9. The molecular weight excluding hydrogens is 148 g/mol. The van der Waals surface area contributed by atoms with Gasteiger partial charge in [0.2, 0.25) is 0 Å². The standard InChI is InChI=1S/C10H20N2/c1-5-6-7-10(9(2)3)12-8-11-4/h8H,5-7H2,1-4H3,(H,11,12). The van der Waals surface area contributed by atoms with Gasteiger partial charge >= 0.3 is 0 Å². The van der Waals surface area contributed by atoms with Crippen molar-refractivity contribution in [1.82, 2.24) is 5.32 Å². The molecule has 0 aromatic heterocycles. The Balaban J connectivity index is 3.97. The molecule has 0 unspecified atom stereocenters. The molecule has 0 rings (SSSR count). The van der Waals surface area contributed by atoms with Crippen molar-refractivity contribution in [1.29, 1.82) is 0 Å². The zero-order valence-corrected chi connectivity index (χ0v) is 8.65. The second-order valence-corrected chi connectivity index (χ2v) is 3.11. The van der Waals surface area contributed by atoms with Gasteiger partial charge in [-0.05, 0) is 26.7 Å². The van der Waals surface area contributed by atoms with Crippen LogP contribution in [0.4, 0.5) is 0 Å². The lowest BCUT2D eigenvalue weighted by Crippen LogP contribution is -2.11. The third kappa shape index (κ3) is 4.94. The molecule has 2 nitrogen and oxygen atoms in total. The number of allylic oxidation sites excluding steroid dienone is 2.